The molecular weight excluding hydrogens is 318 g/mol. The molecule has 2 N–H and O–H groups in total. The van der Waals surface area contributed by atoms with Crippen molar-refractivity contribution in [3.63, 3.8) is 0 Å². The van der Waals surface area contributed by atoms with Gasteiger partial charge in [-0.2, -0.15) is 5.10 Å². The van der Waals surface area contributed by atoms with Gasteiger partial charge >= 0.3 is 0 Å². The molecule has 134 valence electrons. The monoisotopic (exact) mass is 343 g/mol. The summed E-state index contributed by atoms with van der Waals surface area (Å²) < 4.78 is 5.74. The van der Waals surface area contributed by atoms with Crippen LogP contribution < -0.4 is 4.74 Å². The van der Waals surface area contributed by atoms with E-state index in [2.05, 4.69) is 10.2 Å². The Morgan fingerprint density at radius 3 is 2.92 bits per heavy atom. The molecule has 1 atom stereocenters. The predicted molar refractivity (Wildman–Crippen MR) is 94.8 cm³/mol. The number of H-pyrrole nitrogens is 1. The average molecular weight is 343 g/mol. The normalized spacial score (nSPS) is 20.1. The van der Waals surface area contributed by atoms with Crippen molar-refractivity contribution in [1.29, 1.82) is 0 Å². The van der Waals surface area contributed by atoms with E-state index in [-0.39, 0.29) is 19.1 Å². The Kier molecular flexibility index (Phi) is 4.81. The van der Waals surface area contributed by atoms with Crippen LogP contribution in [0.4, 0.5) is 0 Å². The van der Waals surface area contributed by atoms with Crippen molar-refractivity contribution in [3.8, 4) is 5.75 Å². The van der Waals surface area contributed by atoms with Crippen LogP contribution in [-0.2, 0) is 6.42 Å². The zero-order valence-corrected chi connectivity index (χ0v) is 15.0. The number of carbonyl (C=O) groups excluding carboxylic acids is 1. The van der Waals surface area contributed by atoms with E-state index in [9.17, 15) is 9.90 Å². The van der Waals surface area contributed by atoms with Crippen molar-refractivity contribution in [2.75, 3.05) is 19.7 Å². The van der Waals surface area contributed by atoms with Crippen LogP contribution in [0, 0.1) is 13.8 Å². The summed E-state index contributed by atoms with van der Waals surface area (Å²) in [5, 5.41) is 17.8. The van der Waals surface area contributed by atoms with Crippen molar-refractivity contribution in [2.45, 2.75) is 39.2 Å². The minimum Gasteiger partial charge on any atom is -0.491 e. The second-order valence-electron chi connectivity index (χ2n) is 6.84. The average Bonchev–Trinajstić information content (AvgIpc) is 3.16. The van der Waals surface area contributed by atoms with Crippen LogP contribution in [0.25, 0.3) is 0 Å². The molecule has 0 aliphatic carbocycles. The van der Waals surface area contributed by atoms with Crippen molar-refractivity contribution in [3.05, 3.63) is 46.8 Å². The number of carbonyl (C=O) groups is 1. The summed E-state index contributed by atoms with van der Waals surface area (Å²) in [4.78, 5) is 14.4. The molecule has 6 nitrogen and oxygen atoms in total. The van der Waals surface area contributed by atoms with Crippen molar-refractivity contribution in [2.24, 2.45) is 0 Å². The minimum atomic E-state index is -1.03. The molecule has 1 aromatic carbocycles. The van der Waals surface area contributed by atoms with Gasteiger partial charge in [0.1, 0.15) is 18.0 Å². The third kappa shape index (κ3) is 3.69. The highest BCUT2D eigenvalue weighted by atomic mass is 16.5. The van der Waals surface area contributed by atoms with Crippen molar-refractivity contribution >= 4 is 5.91 Å². The maximum Gasteiger partial charge on any atom is 0.274 e. The van der Waals surface area contributed by atoms with Gasteiger partial charge in [-0.05, 0) is 44.4 Å². The van der Waals surface area contributed by atoms with Crippen LogP contribution in [0.5, 0.6) is 5.75 Å². The fraction of sp³-hybridized carbons (Fsp3) is 0.474. The Labute approximate surface area is 147 Å². The molecule has 1 amide bonds. The lowest BCUT2D eigenvalue weighted by Crippen LogP contribution is -2.40. The van der Waals surface area contributed by atoms with Gasteiger partial charge in [0.05, 0.1) is 6.54 Å². The highest BCUT2D eigenvalue weighted by molar-refractivity contribution is 5.94. The molecule has 2 heterocycles. The number of aryl methyl sites for hydroxylation is 2. The molecule has 3 rings (SSSR count). The lowest BCUT2D eigenvalue weighted by Gasteiger charge is -2.23. The molecular formula is C19H25N3O3. The summed E-state index contributed by atoms with van der Waals surface area (Å²) in [5.41, 5.74) is 2.38. The van der Waals surface area contributed by atoms with Crippen LogP contribution in [0.1, 0.15) is 40.7 Å². The molecule has 25 heavy (non-hydrogen) atoms. The van der Waals surface area contributed by atoms with Gasteiger partial charge in [-0.1, -0.05) is 19.1 Å². The van der Waals surface area contributed by atoms with Gasteiger partial charge in [0, 0.05) is 17.8 Å². The van der Waals surface area contributed by atoms with Crippen molar-refractivity contribution < 1.29 is 14.6 Å². The third-order valence-corrected chi connectivity index (χ3v) is 4.78. The van der Waals surface area contributed by atoms with Gasteiger partial charge in [-0.15, -0.1) is 0 Å². The molecule has 1 fully saturated rings. The van der Waals surface area contributed by atoms with E-state index in [1.54, 1.807) is 4.90 Å². The second kappa shape index (κ2) is 6.88. The van der Waals surface area contributed by atoms with Gasteiger partial charge in [0.2, 0.25) is 0 Å². The Morgan fingerprint density at radius 1 is 1.44 bits per heavy atom. The van der Waals surface area contributed by atoms with E-state index >= 15 is 0 Å². The number of likely N-dealkylation sites (tertiary alicyclic amines) is 1. The minimum absolute atomic E-state index is 0.139. The number of nitrogens with one attached hydrogen (secondary N) is 1. The molecule has 0 bridgehead atoms. The number of benzene rings is 1. The van der Waals surface area contributed by atoms with E-state index < -0.39 is 5.60 Å². The van der Waals surface area contributed by atoms with Gasteiger partial charge < -0.3 is 14.7 Å². The maximum atomic E-state index is 12.7. The SMILES string of the molecule is CCc1[nH]nc(C(=O)N2CC[C@@](O)(COc3cccc(C)c3)C2)c1C. The molecule has 1 saturated heterocycles. The predicted octanol–water partition coefficient (Wildman–Crippen LogP) is 2.24. The van der Waals surface area contributed by atoms with Crippen LogP contribution in [0.3, 0.4) is 0 Å². The van der Waals surface area contributed by atoms with E-state index in [4.69, 9.17) is 4.74 Å². The zero-order chi connectivity index (χ0) is 18.0. The standard InChI is InChI=1S/C19H25N3O3/c1-4-16-14(3)17(21-20-16)18(23)22-9-8-19(24,11-22)12-25-15-7-5-6-13(2)10-15/h5-7,10,24H,4,8-9,11-12H2,1-3H3,(H,20,21)/t19-/m0/s1. The fourth-order valence-electron chi connectivity index (χ4n) is 3.21. The number of aliphatic hydroxyl groups is 1. The molecule has 2 aromatic rings. The molecule has 1 aliphatic heterocycles. The first-order valence-electron chi connectivity index (χ1n) is 8.67. The third-order valence-electron chi connectivity index (χ3n) is 4.78. The van der Waals surface area contributed by atoms with E-state index in [1.165, 1.54) is 0 Å². The van der Waals surface area contributed by atoms with Crippen LogP contribution >= 0.6 is 0 Å². The fourth-order valence-corrected chi connectivity index (χ4v) is 3.21. The number of nitrogens with zero attached hydrogens (tertiary/aromatic N) is 2. The summed E-state index contributed by atoms with van der Waals surface area (Å²) in [7, 11) is 0. The van der Waals surface area contributed by atoms with Gasteiger partial charge in [0.15, 0.2) is 5.69 Å². The number of aromatic amines is 1. The Balaban J connectivity index is 1.63. The number of hydrogen-bond donors (Lipinski definition) is 2. The van der Waals surface area contributed by atoms with Gasteiger partial charge in [-0.25, -0.2) is 0 Å². The number of hydrogen-bond acceptors (Lipinski definition) is 4. The zero-order valence-electron chi connectivity index (χ0n) is 15.0. The summed E-state index contributed by atoms with van der Waals surface area (Å²) in [6, 6.07) is 7.72. The largest absolute Gasteiger partial charge is 0.491 e. The molecule has 0 radical (unpaired) electrons. The van der Waals surface area contributed by atoms with E-state index in [0.29, 0.717) is 18.7 Å². The van der Waals surface area contributed by atoms with Crippen LogP contribution in [0.15, 0.2) is 24.3 Å². The first-order chi connectivity index (χ1) is 11.9. The quantitative estimate of drug-likeness (QED) is 0.873. The summed E-state index contributed by atoms with van der Waals surface area (Å²) in [5.74, 6) is 0.592. The highest BCUT2D eigenvalue weighted by Crippen LogP contribution is 2.25. The first kappa shape index (κ1) is 17.5. The molecule has 6 heteroatoms. The Morgan fingerprint density at radius 2 is 2.24 bits per heavy atom. The maximum absolute atomic E-state index is 12.7. The van der Waals surface area contributed by atoms with E-state index in [1.807, 2.05) is 45.0 Å². The number of ether oxygens (including phenoxy) is 1. The number of rotatable bonds is 5. The number of amides is 1. The smallest absolute Gasteiger partial charge is 0.274 e. The lowest BCUT2D eigenvalue weighted by atomic mass is 10.1. The lowest BCUT2D eigenvalue weighted by molar-refractivity contribution is 0.00423. The Hall–Kier alpha value is -2.34. The first-order valence-corrected chi connectivity index (χ1v) is 8.67. The molecule has 1 aliphatic rings. The molecule has 1 aromatic heterocycles. The van der Waals surface area contributed by atoms with E-state index in [0.717, 1.165) is 29.0 Å². The van der Waals surface area contributed by atoms with Gasteiger partial charge in [-0.3, -0.25) is 9.89 Å². The van der Waals surface area contributed by atoms with Crippen LogP contribution in [0.2, 0.25) is 0 Å². The topological polar surface area (TPSA) is 78.5 Å². The molecule has 0 saturated carbocycles. The summed E-state index contributed by atoms with van der Waals surface area (Å²) in [6.45, 7) is 6.84. The number of aromatic nitrogens is 2. The summed E-state index contributed by atoms with van der Waals surface area (Å²) in [6.07, 6.45) is 1.30. The highest BCUT2D eigenvalue weighted by Gasteiger charge is 2.40. The molecule has 0 spiro atoms. The number of β-amino-alcohol motifs (C(OH)–C–C–N with tert-alkyl or cyclic N) is 1. The van der Waals surface area contributed by atoms with Crippen LogP contribution in [-0.4, -0.2) is 51.4 Å². The van der Waals surface area contributed by atoms with Gasteiger partial charge in [0.25, 0.3) is 5.91 Å². The van der Waals surface area contributed by atoms with Crippen molar-refractivity contribution in [1.82, 2.24) is 15.1 Å². The summed E-state index contributed by atoms with van der Waals surface area (Å²) >= 11 is 0. The molecule has 0 unspecified atom stereocenters. The Bertz CT molecular complexity index is 771. The second-order valence-corrected chi connectivity index (χ2v) is 6.84.